The maximum absolute atomic E-state index is 13.0. The molecule has 9 heteroatoms. The Morgan fingerprint density at radius 3 is 2.72 bits per heavy atom. The topological polar surface area (TPSA) is 99.5 Å². The van der Waals surface area contributed by atoms with E-state index in [9.17, 15) is 14.4 Å². The van der Waals surface area contributed by atoms with Crippen molar-refractivity contribution in [2.75, 3.05) is 19.0 Å². The van der Waals surface area contributed by atoms with Gasteiger partial charge in [-0.1, -0.05) is 12.1 Å². The molecule has 8 nitrogen and oxygen atoms in total. The zero-order valence-corrected chi connectivity index (χ0v) is 17.3. The summed E-state index contributed by atoms with van der Waals surface area (Å²) in [6.07, 6.45) is 1.32. The molecule has 0 unspecified atom stereocenters. The summed E-state index contributed by atoms with van der Waals surface area (Å²) in [6, 6.07) is 6.18. The van der Waals surface area contributed by atoms with Gasteiger partial charge >= 0.3 is 5.97 Å². The number of rotatable bonds is 6. The van der Waals surface area contributed by atoms with Crippen LogP contribution in [0, 0.1) is 6.92 Å². The third-order valence-electron chi connectivity index (χ3n) is 4.50. The van der Waals surface area contributed by atoms with Gasteiger partial charge in [0.15, 0.2) is 0 Å². The van der Waals surface area contributed by atoms with E-state index < -0.39 is 17.9 Å². The van der Waals surface area contributed by atoms with E-state index in [0.717, 1.165) is 11.3 Å². The van der Waals surface area contributed by atoms with E-state index in [1.54, 1.807) is 45.0 Å². The van der Waals surface area contributed by atoms with E-state index in [1.165, 1.54) is 18.0 Å². The van der Waals surface area contributed by atoms with Crippen molar-refractivity contribution in [2.24, 2.45) is 0 Å². The maximum Gasteiger partial charge on any atom is 0.348 e. The molecular weight excluding hydrogens is 394 g/mol. The first-order valence-corrected chi connectivity index (χ1v) is 9.81. The van der Waals surface area contributed by atoms with Gasteiger partial charge in [0.1, 0.15) is 21.5 Å². The summed E-state index contributed by atoms with van der Waals surface area (Å²) in [5, 5.41) is 3.08. The van der Waals surface area contributed by atoms with E-state index in [-0.39, 0.29) is 12.2 Å². The van der Waals surface area contributed by atoms with Crippen molar-refractivity contribution >= 4 is 39.1 Å². The Morgan fingerprint density at radius 1 is 1.31 bits per heavy atom. The van der Waals surface area contributed by atoms with Crippen LogP contribution in [0.4, 0.5) is 5.69 Å². The highest BCUT2D eigenvalue weighted by molar-refractivity contribution is 7.20. The molecular formula is C20H21N3O5S. The number of carbonyl (C=O) groups is 2. The van der Waals surface area contributed by atoms with Gasteiger partial charge < -0.3 is 14.8 Å². The van der Waals surface area contributed by atoms with Crippen LogP contribution in [-0.2, 0) is 9.53 Å². The van der Waals surface area contributed by atoms with Gasteiger partial charge in [-0.05, 0) is 38.5 Å². The van der Waals surface area contributed by atoms with E-state index in [0.29, 0.717) is 32.1 Å². The SMILES string of the molecule is CCOC(=O)c1sc2ncn([C@@H](C)C(=O)Nc3ccccc3OC)c(=O)c2c1C. The molecule has 1 N–H and O–H groups in total. The van der Waals surface area contributed by atoms with Crippen LogP contribution >= 0.6 is 11.3 Å². The average molecular weight is 415 g/mol. The van der Waals surface area contributed by atoms with Crippen LogP contribution in [0.5, 0.6) is 5.75 Å². The van der Waals surface area contributed by atoms with Gasteiger partial charge in [0.25, 0.3) is 5.56 Å². The first kappa shape index (κ1) is 20.5. The highest BCUT2D eigenvalue weighted by Crippen LogP contribution is 2.28. The molecule has 0 saturated heterocycles. The van der Waals surface area contributed by atoms with Crippen molar-refractivity contribution in [1.82, 2.24) is 9.55 Å². The fourth-order valence-corrected chi connectivity index (χ4v) is 3.95. The monoisotopic (exact) mass is 415 g/mol. The molecule has 1 atom stereocenters. The molecule has 2 aromatic heterocycles. The van der Waals surface area contributed by atoms with Gasteiger partial charge in [-0.15, -0.1) is 11.3 Å². The maximum atomic E-state index is 13.0. The van der Waals surface area contributed by atoms with Crippen LogP contribution in [0.15, 0.2) is 35.4 Å². The zero-order valence-electron chi connectivity index (χ0n) is 16.5. The first-order chi connectivity index (χ1) is 13.9. The molecule has 1 aromatic carbocycles. The summed E-state index contributed by atoms with van der Waals surface area (Å²) in [5.41, 5.74) is 0.625. The lowest BCUT2D eigenvalue weighted by Crippen LogP contribution is -2.31. The number of methoxy groups -OCH3 is 1. The highest BCUT2D eigenvalue weighted by Gasteiger charge is 2.23. The second-order valence-electron chi connectivity index (χ2n) is 6.28. The first-order valence-electron chi connectivity index (χ1n) is 9.00. The third-order valence-corrected chi connectivity index (χ3v) is 5.68. The molecule has 0 saturated carbocycles. The summed E-state index contributed by atoms with van der Waals surface area (Å²) in [5.74, 6) is -0.362. The molecule has 0 aliphatic rings. The number of nitrogens with zero attached hydrogens (tertiary/aromatic N) is 2. The molecule has 3 rings (SSSR count). The highest BCUT2D eigenvalue weighted by atomic mass is 32.1. The molecule has 0 spiro atoms. The normalized spacial score (nSPS) is 11.9. The van der Waals surface area contributed by atoms with Crippen LogP contribution < -0.4 is 15.6 Å². The Hall–Kier alpha value is -3.20. The largest absolute Gasteiger partial charge is 0.495 e. The van der Waals surface area contributed by atoms with Crippen LogP contribution in [0.25, 0.3) is 10.2 Å². The summed E-state index contributed by atoms with van der Waals surface area (Å²) >= 11 is 1.11. The number of thiophene rings is 1. The van der Waals surface area contributed by atoms with Crippen LogP contribution in [0.2, 0.25) is 0 Å². The third kappa shape index (κ3) is 3.86. The molecule has 0 bridgehead atoms. The van der Waals surface area contributed by atoms with E-state index >= 15 is 0 Å². The minimum atomic E-state index is -0.824. The number of benzene rings is 1. The van der Waals surface area contributed by atoms with Crippen LogP contribution in [0.3, 0.4) is 0 Å². The van der Waals surface area contributed by atoms with Gasteiger partial charge in [-0.2, -0.15) is 0 Å². The van der Waals surface area contributed by atoms with Crippen molar-refractivity contribution < 1.29 is 19.1 Å². The van der Waals surface area contributed by atoms with Gasteiger partial charge in [0, 0.05) is 0 Å². The van der Waals surface area contributed by atoms with Gasteiger partial charge in [0.2, 0.25) is 5.91 Å². The number of para-hydroxylation sites is 2. The lowest BCUT2D eigenvalue weighted by atomic mass is 10.2. The summed E-state index contributed by atoms with van der Waals surface area (Å²) in [7, 11) is 1.51. The van der Waals surface area contributed by atoms with Gasteiger partial charge in [-0.3, -0.25) is 14.2 Å². The average Bonchev–Trinajstić information content (AvgIpc) is 3.05. The van der Waals surface area contributed by atoms with Crippen LogP contribution in [-0.4, -0.2) is 35.1 Å². The van der Waals surface area contributed by atoms with Gasteiger partial charge in [-0.25, -0.2) is 9.78 Å². The Balaban J connectivity index is 1.96. The predicted molar refractivity (Wildman–Crippen MR) is 111 cm³/mol. The lowest BCUT2D eigenvalue weighted by molar-refractivity contribution is -0.118. The molecule has 29 heavy (non-hydrogen) atoms. The molecule has 2 heterocycles. The van der Waals surface area contributed by atoms with Crippen molar-refractivity contribution in [3.63, 3.8) is 0 Å². The minimum Gasteiger partial charge on any atom is -0.495 e. The number of ether oxygens (including phenoxy) is 2. The number of nitrogens with one attached hydrogen (secondary N) is 1. The van der Waals surface area contributed by atoms with E-state index in [4.69, 9.17) is 9.47 Å². The molecule has 0 aliphatic heterocycles. The molecule has 152 valence electrons. The number of anilines is 1. The Bertz CT molecular complexity index is 1130. The Morgan fingerprint density at radius 2 is 2.03 bits per heavy atom. The number of esters is 1. The van der Waals surface area contributed by atoms with Crippen molar-refractivity contribution in [1.29, 1.82) is 0 Å². The molecule has 0 fully saturated rings. The summed E-state index contributed by atoms with van der Waals surface area (Å²) < 4.78 is 11.5. The van der Waals surface area contributed by atoms with Gasteiger partial charge in [0.05, 0.1) is 31.1 Å². The number of aryl methyl sites for hydroxylation is 1. The second kappa shape index (κ2) is 8.44. The van der Waals surface area contributed by atoms with Crippen molar-refractivity contribution in [2.45, 2.75) is 26.8 Å². The number of aromatic nitrogens is 2. The zero-order chi connectivity index (χ0) is 21.1. The summed E-state index contributed by atoms with van der Waals surface area (Å²) in [4.78, 5) is 42.9. The molecule has 1 amide bonds. The number of amides is 1. The number of hydrogen-bond acceptors (Lipinski definition) is 7. The Kier molecular flexibility index (Phi) is 5.97. The lowest BCUT2D eigenvalue weighted by Gasteiger charge is -2.16. The number of fused-ring (bicyclic) bond motifs is 1. The Labute approximate surface area is 171 Å². The van der Waals surface area contributed by atoms with Crippen molar-refractivity contribution in [3.05, 3.63) is 51.4 Å². The van der Waals surface area contributed by atoms with Crippen LogP contribution in [0.1, 0.15) is 35.1 Å². The van der Waals surface area contributed by atoms with Crippen molar-refractivity contribution in [3.8, 4) is 5.75 Å². The smallest absolute Gasteiger partial charge is 0.348 e. The fraction of sp³-hybridized carbons (Fsp3) is 0.300. The quantitative estimate of drug-likeness (QED) is 0.621. The summed E-state index contributed by atoms with van der Waals surface area (Å²) in [6.45, 7) is 5.24. The standard InChI is InChI=1S/C20H21N3O5S/c1-5-28-20(26)16-11(2)15-18(29-16)21-10-23(19(15)25)12(3)17(24)22-13-8-6-7-9-14(13)27-4/h6-10,12H,5H2,1-4H3,(H,22,24)/t12-/m0/s1. The minimum absolute atomic E-state index is 0.240. The number of hydrogen-bond donors (Lipinski definition) is 1. The second-order valence-corrected chi connectivity index (χ2v) is 7.28. The van der Waals surface area contributed by atoms with E-state index in [2.05, 4.69) is 10.3 Å². The fourth-order valence-electron chi connectivity index (χ4n) is 2.92. The number of carbonyl (C=O) groups excluding carboxylic acids is 2. The molecule has 0 radical (unpaired) electrons. The predicted octanol–water partition coefficient (Wildman–Crippen LogP) is 3.15. The van der Waals surface area contributed by atoms with E-state index in [1.807, 2.05) is 0 Å². The molecule has 0 aliphatic carbocycles. The molecule has 3 aromatic rings.